The topological polar surface area (TPSA) is 59.6 Å². The summed E-state index contributed by atoms with van der Waals surface area (Å²) < 4.78 is 10.4. The molecule has 1 aromatic carbocycles. The van der Waals surface area contributed by atoms with Crippen molar-refractivity contribution in [2.45, 2.75) is 25.3 Å². The lowest BCUT2D eigenvalue weighted by atomic mass is 10.1. The molecule has 0 spiro atoms. The number of rotatable bonds is 6. The Labute approximate surface area is 119 Å². The lowest BCUT2D eigenvalue weighted by Gasteiger charge is -2.16. The molecule has 1 saturated heterocycles. The number of nitrogens with one attached hydrogen (secondary N) is 2. The van der Waals surface area contributed by atoms with Gasteiger partial charge in [-0.05, 0) is 43.5 Å². The Balaban J connectivity index is 1.87. The number of ether oxygens (including phenoxy) is 2. The zero-order chi connectivity index (χ0) is 14.2. The second-order valence-corrected chi connectivity index (χ2v) is 4.85. The SMILES string of the molecule is COCCOc1ccc(NC2CCCCNC2=O)cc1. The zero-order valence-electron chi connectivity index (χ0n) is 11.9. The van der Waals surface area contributed by atoms with E-state index in [0.29, 0.717) is 13.2 Å². The van der Waals surface area contributed by atoms with Gasteiger partial charge >= 0.3 is 0 Å². The first kappa shape index (κ1) is 14.7. The van der Waals surface area contributed by atoms with Gasteiger partial charge in [-0.3, -0.25) is 4.79 Å². The number of carbonyl (C=O) groups is 1. The first-order valence-corrected chi connectivity index (χ1v) is 7.05. The van der Waals surface area contributed by atoms with Gasteiger partial charge in [0.1, 0.15) is 18.4 Å². The standard InChI is InChI=1S/C15H22N2O3/c1-19-10-11-20-13-7-5-12(6-8-13)17-14-4-2-3-9-16-15(14)18/h5-8,14,17H,2-4,9-11H2,1H3,(H,16,18). The Morgan fingerprint density at radius 3 is 2.80 bits per heavy atom. The van der Waals surface area contributed by atoms with E-state index in [1.807, 2.05) is 24.3 Å². The average Bonchev–Trinajstić information content (AvgIpc) is 2.66. The zero-order valence-corrected chi connectivity index (χ0v) is 11.9. The van der Waals surface area contributed by atoms with Gasteiger partial charge in [0.15, 0.2) is 0 Å². The molecule has 0 radical (unpaired) electrons. The van der Waals surface area contributed by atoms with Crippen LogP contribution in [0.1, 0.15) is 19.3 Å². The fourth-order valence-corrected chi connectivity index (χ4v) is 2.17. The van der Waals surface area contributed by atoms with Crippen molar-refractivity contribution < 1.29 is 14.3 Å². The maximum absolute atomic E-state index is 11.8. The summed E-state index contributed by atoms with van der Waals surface area (Å²) >= 11 is 0. The van der Waals surface area contributed by atoms with E-state index >= 15 is 0 Å². The molecule has 5 nitrogen and oxygen atoms in total. The summed E-state index contributed by atoms with van der Waals surface area (Å²) in [4.78, 5) is 11.8. The van der Waals surface area contributed by atoms with Crippen molar-refractivity contribution in [3.8, 4) is 5.75 Å². The normalized spacial score (nSPS) is 19.1. The highest BCUT2D eigenvalue weighted by Crippen LogP contribution is 2.18. The Morgan fingerprint density at radius 1 is 1.25 bits per heavy atom. The Morgan fingerprint density at radius 2 is 2.05 bits per heavy atom. The summed E-state index contributed by atoms with van der Waals surface area (Å²) in [5.74, 6) is 0.890. The van der Waals surface area contributed by atoms with E-state index in [1.54, 1.807) is 7.11 Å². The minimum atomic E-state index is -0.141. The van der Waals surface area contributed by atoms with Crippen LogP contribution in [-0.2, 0) is 9.53 Å². The molecule has 0 saturated carbocycles. The number of carbonyl (C=O) groups excluding carboxylic acids is 1. The van der Waals surface area contributed by atoms with Crippen molar-refractivity contribution >= 4 is 11.6 Å². The summed E-state index contributed by atoms with van der Waals surface area (Å²) in [6, 6.07) is 7.51. The van der Waals surface area contributed by atoms with Gasteiger partial charge in [-0.15, -0.1) is 0 Å². The highest BCUT2D eigenvalue weighted by molar-refractivity contribution is 5.84. The first-order chi connectivity index (χ1) is 9.79. The van der Waals surface area contributed by atoms with E-state index in [1.165, 1.54) is 0 Å². The molecule has 1 fully saturated rings. The van der Waals surface area contributed by atoms with E-state index < -0.39 is 0 Å². The van der Waals surface area contributed by atoms with Crippen molar-refractivity contribution in [2.24, 2.45) is 0 Å². The smallest absolute Gasteiger partial charge is 0.242 e. The van der Waals surface area contributed by atoms with Crippen molar-refractivity contribution in [2.75, 3.05) is 32.2 Å². The van der Waals surface area contributed by atoms with Crippen LogP contribution < -0.4 is 15.4 Å². The van der Waals surface area contributed by atoms with Gasteiger partial charge < -0.3 is 20.1 Å². The van der Waals surface area contributed by atoms with Gasteiger partial charge in [0.2, 0.25) is 5.91 Å². The van der Waals surface area contributed by atoms with Crippen LogP contribution in [0.2, 0.25) is 0 Å². The van der Waals surface area contributed by atoms with Crippen LogP contribution in [0.25, 0.3) is 0 Å². The largest absolute Gasteiger partial charge is 0.491 e. The highest BCUT2D eigenvalue weighted by Gasteiger charge is 2.19. The quantitative estimate of drug-likeness (QED) is 0.779. The summed E-state index contributed by atoms with van der Waals surface area (Å²) in [6.45, 7) is 1.89. The lowest BCUT2D eigenvalue weighted by molar-refractivity contribution is -0.121. The van der Waals surface area contributed by atoms with Crippen LogP contribution in [-0.4, -0.2) is 38.8 Å². The molecular formula is C15H22N2O3. The average molecular weight is 278 g/mol. The number of benzene rings is 1. The summed E-state index contributed by atoms with van der Waals surface area (Å²) in [7, 11) is 1.65. The molecule has 20 heavy (non-hydrogen) atoms. The molecule has 0 aromatic heterocycles. The molecule has 0 aliphatic carbocycles. The van der Waals surface area contributed by atoms with Crippen molar-refractivity contribution in [1.29, 1.82) is 0 Å². The summed E-state index contributed by atoms with van der Waals surface area (Å²) in [5, 5.41) is 6.19. The van der Waals surface area contributed by atoms with Crippen molar-refractivity contribution in [3.05, 3.63) is 24.3 Å². The van der Waals surface area contributed by atoms with E-state index in [-0.39, 0.29) is 11.9 Å². The predicted octanol–water partition coefficient (Wildman–Crippen LogP) is 1.79. The number of amides is 1. The van der Waals surface area contributed by atoms with E-state index in [0.717, 1.165) is 37.2 Å². The Hall–Kier alpha value is -1.75. The molecular weight excluding hydrogens is 256 g/mol. The molecule has 1 atom stereocenters. The highest BCUT2D eigenvalue weighted by atomic mass is 16.5. The van der Waals surface area contributed by atoms with Gasteiger partial charge in [0.05, 0.1) is 6.61 Å². The van der Waals surface area contributed by atoms with Crippen LogP contribution in [0.5, 0.6) is 5.75 Å². The molecule has 110 valence electrons. The molecule has 1 aliphatic heterocycles. The second kappa shape index (κ2) is 7.75. The molecule has 1 unspecified atom stereocenters. The van der Waals surface area contributed by atoms with Crippen LogP contribution >= 0.6 is 0 Å². The number of methoxy groups -OCH3 is 1. The van der Waals surface area contributed by atoms with Crippen molar-refractivity contribution in [3.63, 3.8) is 0 Å². The van der Waals surface area contributed by atoms with Crippen molar-refractivity contribution in [1.82, 2.24) is 5.32 Å². The van der Waals surface area contributed by atoms with Gasteiger partial charge in [-0.2, -0.15) is 0 Å². The molecule has 2 N–H and O–H groups in total. The first-order valence-electron chi connectivity index (χ1n) is 7.05. The Bertz CT molecular complexity index is 420. The van der Waals surface area contributed by atoms with E-state index in [4.69, 9.17) is 9.47 Å². The van der Waals surface area contributed by atoms with E-state index in [9.17, 15) is 4.79 Å². The molecule has 2 rings (SSSR count). The maximum Gasteiger partial charge on any atom is 0.242 e. The molecule has 1 heterocycles. The monoisotopic (exact) mass is 278 g/mol. The van der Waals surface area contributed by atoms with Crippen LogP contribution in [0.4, 0.5) is 5.69 Å². The molecule has 1 amide bonds. The second-order valence-electron chi connectivity index (χ2n) is 4.85. The van der Waals surface area contributed by atoms with E-state index in [2.05, 4.69) is 10.6 Å². The summed E-state index contributed by atoms with van der Waals surface area (Å²) in [6.07, 6.45) is 2.99. The predicted molar refractivity (Wildman–Crippen MR) is 78.1 cm³/mol. The van der Waals surface area contributed by atoms with Crippen LogP contribution in [0, 0.1) is 0 Å². The fourth-order valence-electron chi connectivity index (χ4n) is 2.17. The maximum atomic E-state index is 11.8. The minimum absolute atomic E-state index is 0.0860. The van der Waals surface area contributed by atoms with Crippen LogP contribution in [0.15, 0.2) is 24.3 Å². The fraction of sp³-hybridized carbons (Fsp3) is 0.533. The molecule has 1 aromatic rings. The number of anilines is 1. The lowest BCUT2D eigenvalue weighted by Crippen LogP contribution is -2.37. The molecule has 5 heteroatoms. The molecule has 1 aliphatic rings. The number of hydrogen-bond acceptors (Lipinski definition) is 4. The molecule has 0 bridgehead atoms. The van der Waals surface area contributed by atoms with Gasteiger partial charge in [-0.1, -0.05) is 0 Å². The van der Waals surface area contributed by atoms with Gasteiger partial charge in [0.25, 0.3) is 0 Å². The van der Waals surface area contributed by atoms with Gasteiger partial charge in [-0.25, -0.2) is 0 Å². The third-order valence-electron chi connectivity index (χ3n) is 3.29. The Kier molecular flexibility index (Phi) is 5.68. The van der Waals surface area contributed by atoms with Crippen LogP contribution in [0.3, 0.4) is 0 Å². The third-order valence-corrected chi connectivity index (χ3v) is 3.29. The third kappa shape index (κ3) is 4.42. The van der Waals surface area contributed by atoms with Gasteiger partial charge in [0, 0.05) is 19.3 Å². The summed E-state index contributed by atoms with van der Waals surface area (Å²) in [5.41, 5.74) is 0.936. The minimum Gasteiger partial charge on any atom is -0.491 e. The number of hydrogen-bond donors (Lipinski definition) is 2.